The topological polar surface area (TPSA) is 9.86 Å². The van der Waals surface area contributed by atoms with E-state index < -0.39 is 0 Å². The Balaban J connectivity index is 1.21. The number of hydrogen-bond acceptors (Lipinski definition) is 0. The molecule has 7 aromatic carbocycles. The first-order valence-corrected chi connectivity index (χ1v) is 17.2. The lowest BCUT2D eigenvalue weighted by Gasteiger charge is -2.22. The fraction of sp³-hybridized carbons (Fsp3) is 0. The summed E-state index contributed by atoms with van der Waals surface area (Å²) in [5, 5.41) is 5.09. The average molecular weight is 620 g/mol. The third-order valence-corrected chi connectivity index (χ3v) is 11.1. The van der Waals surface area contributed by atoms with Crippen molar-refractivity contribution in [2.45, 2.75) is 0 Å². The van der Waals surface area contributed by atoms with E-state index in [1.165, 1.54) is 105 Å². The Hall–Kier alpha value is -5.54. The van der Waals surface area contributed by atoms with Crippen LogP contribution in [0.5, 0.6) is 0 Å². The molecular formula is C42H33B5N2. The normalized spacial score (nSPS) is 11.7. The first-order chi connectivity index (χ1) is 23.9. The van der Waals surface area contributed by atoms with Crippen molar-refractivity contribution < 1.29 is 0 Å². The van der Waals surface area contributed by atoms with E-state index in [1.807, 2.05) is 0 Å². The maximum Gasteiger partial charge on any atom is 0.141 e. The predicted molar refractivity (Wildman–Crippen MR) is 227 cm³/mol. The number of nitrogens with zero attached hydrogens (tertiary/aromatic N) is 2. The van der Waals surface area contributed by atoms with Crippen LogP contribution >= 0.6 is 0 Å². The highest BCUT2D eigenvalue weighted by Crippen LogP contribution is 2.38. The summed E-state index contributed by atoms with van der Waals surface area (Å²) in [7, 11) is 11.3. The standard InChI is InChI=1S/C42H33B5N2/c43-37-38(44)40(46)42(41(47)39(37)45)49-34-13-7-5-11-30(34)32-23-27(17-21-36(32)49)26-16-20-35-31(22-26)29-10-4-6-12-33(29)48(35)28-18-14-25(15-19-28)24-8-2-1-3-9-24/h1-23H,43-47H2. The minimum absolute atomic E-state index is 1.17. The highest BCUT2D eigenvalue weighted by atomic mass is 15.0. The Labute approximate surface area is 291 Å². The van der Waals surface area contributed by atoms with Gasteiger partial charge in [0, 0.05) is 32.9 Å². The molecule has 9 rings (SSSR count). The lowest BCUT2D eigenvalue weighted by atomic mass is 9.61. The average Bonchev–Trinajstić information content (AvgIpc) is 3.66. The van der Waals surface area contributed by atoms with Crippen LogP contribution in [0.25, 0.3) is 77.2 Å². The van der Waals surface area contributed by atoms with Crippen molar-refractivity contribution in [3.63, 3.8) is 0 Å². The Kier molecular flexibility index (Phi) is 6.81. The summed E-state index contributed by atoms with van der Waals surface area (Å²) in [6.07, 6.45) is 0. The zero-order valence-electron chi connectivity index (χ0n) is 28.7. The van der Waals surface area contributed by atoms with Crippen molar-refractivity contribution >= 4 is 110 Å². The van der Waals surface area contributed by atoms with E-state index in [-0.39, 0.29) is 0 Å². The van der Waals surface area contributed by atoms with E-state index in [0.717, 1.165) is 0 Å². The van der Waals surface area contributed by atoms with E-state index in [4.69, 9.17) is 0 Å². The number of benzene rings is 7. The van der Waals surface area contributed by atoms with Gasteiger partial charge in [-0.25, -0.2) is 0 Å². The lowest BCUT2D eigenvalue weighted by Crippen LogP contribution is -2.56. The van der Waals surface area contributed by atoms with E-state index in [1.54, 1.807) is 0 Å². The second-order valence-corrected chi connectivity index (χ2v) is 13.6. The van der Waals surface area contributed by atoms with Gasteiger partial charge in [-0.05, 0) is 70.8 Å². The molecule has 2 nitrogen and oxygen atoms in total. The quantitative estimate of drug-likeness (QED) is 0.268. The van der Waals surface area contributed by atoms with Gasteiger partial charge in [0.25, 0.3) is 0 Å². The Morgan fingerprint density at radius 1 is 0.306 bits per heavy atom. The van der Waals surface area contributed by atoms with Gasteiger partial charge in [0.1, 0.15) is 39.2 Å². The zero-order valence-corrected chi connectivity index (χ0v) is 28.7. The Morgan fingerprint density at radius 3 is 1.29 bits per heavy atom. The van der Waals surface area contributed by atoms with Gasteiger partial charge in [0.15, 0.2) is 0 Å². The van der Waals surface area contributed by atoms with Crippen LogP contribution in [0.3, 0.4) is 0 Å². The van der Waals surface area contributed by atoms with Gasteiger partial charge in [0.05, 0.1) is 22.1 Å². The molecule has 0 aliphatic rings. The van der Waals surface area contributed by atoms with Gasteiger partial charge in [-0.2, -0.15) is 0 Å². The van der Waals surface area contributed by atoms with Gasteiger partial charge in [0.2, 0.25) is 0 Å². The number of aromatic nitrogens is 2. The van der Waals surface area contributed by atoms with Crippen LogP contribution < -0.4 is 27.3 Å². The molecule has 0 atom stereocenters. The van der Waals surface area contributed by atoms with Crippen molar-refractivity contribution in [3.8, 4) is 33.6 Å². The molecule has 0 saturated heterocycles. The van der Waals surface area contributed by atoms with Gasteiger partial charge in [-0.15, -0.1) is 5.46 Å². The van der Waals surface area contributed by atoms with Crippen molar-refractivity contribution in [2.24, 2.45) is 0 Å². The molecule has 0 radical (unpaired) electrons. The molecule has 49 heavy (non-hydrogen) atoms. The van der Waals surface area contributed by atoms with Crippen LogP contribution in [-0.2, 0) is 0 Å². The van der Waals surface area contributed by atoms with Gasteiger partial charge in [-0.3, -0.25) is 0 Å². The number of fused-ring (bicyclic) bond motifs is 6. The molecule has 0 unspecified atom stereocenters. The summed E-state index contributed by atoms with van der Waals surface area (Å²) in [6.45, 7) is 0. The van der Waals surface area contributed by atoms with Crippen LogP contribution in [0.1, 0.15) is 0 Å². The largest absolute Gasteiger partial charge is 0.310 e. The molecule has 0 saturated carbocycles. The molecule has 0 aliphatic carbocycles. The minimum Gasteiger partial charge on any atom is -0.310 e. The lowest BCUT2D eigenvalue weighted by molar-refractivity contribution is 1.18. The summed E-state index contributed by atoms with van der Waals surface area (Å²) < 4.78 is 4.90. The van der Waals surface area contributed by atoms with E-state index in [2.05, 4.69) is 188 Å². The highest BCUT2D eigenvalue weighted by Gasteiger charge is 2.19. The van der Waals surface area contributed by atoms with Crippen molar-refractivity contribution in [2.75, 3.05) is 0 Å². The van der Waals surface area contributed by atoms with E-state index in [0.29, 0.717) is 0 Å². The van der Waals surface area contributed by atoms with Crippen LogP contribution in [0.15, 0.2) is 140 Å². The second kappa shape index (κ2) is 11.3. The van der Waals surface area contributed by atoms with Crippen LogP contribution in [-0.4, -0.2) is 48.4 Å². The molecule has 0 amide bonds. The molecule has 0 bridgehead atoms. The molecule has 2 aromatic heterocycles. The monoisotopic (exact) mass is 620 g/mol. The van der Waals surface area contributed by atoms with Crippen LogP contribution in [0, 0.1) is 0 Å². The fourth-order valence-electron chi connectivity index (χ4n) is 8.07. The molecule has 0 fully saturated rings. The predicted octanol–water partition coefficient (Wildman–Crippen LogP) is 2.51. The smallest absolute Gasteiger partial charge is 0.141 e. The zero-order chi connectivity index (χ0) is 33.4. The minimum atomic E-state index is 1.17. The van der Waals surface area contributed by atoms with Gasteiger partial charge >= 0.3 is 0 Å². The summed E-state index contributed by atoms with van der Waals surface area (Å²) in [5.41, 5.74) is 19.2. The van der Waals surface area contributed by atoms with Crippen molar-refractivity contribution in [3.05, 3.63) is 140 Å². The fourth-order valence-corrected chi connectivity index (χ4v) is 8.07. The molecule has 226 valence electrons. The second-order valence-electron chi connectivity index (χ2n) is 13.6. The van der Waals surface area contributed by atoms with Crippen molar-refractivity contribution in [1.29, 1.82) is 0 Å². The Morgan fingerprint density at radius 2 is 0.714 bits per heavy atom. The Bertz CT molecular complexity index is 2730. The van der Waals surface area contributed by atoms with Gasteiger partial charge in [-0.1, -0.05) is 113 Å². The summed E-state index contributed by atoms with van der Waals surface area (Å²) in [4.78, 5) is 0. The molecule has 9 aromatic rings. The molecule has 2 heterocycles. The number of hydrogen-bond donors (Lipinski definition) is 0. The SMILES string of the molecule is Bc1c(B)c(B)c(-n2c3ccccc3c3cc(-c4ccc5c(c4)c4ccccc4n5-c4ccc(-c5ccccc5)cc4)ccc32)c(B)c1B. The first-order valence-electron chi connectivity index (χ1n) is 17.2. The first kappa shape index (κ1) is 29.6. The number of para-hydroxylation sites is 2. The van der Waals surface area contributed by atoms with Gasteiger partial charge < -0.3 is 9.13 Å². The summed E-state index contributed by atoms with van der Waals surface area (Å²) in [5.74, 6) is 0. The van der Waals surface area contributed by atoms with E-state index in [9.17, 15) is 0 Å². The third kappa shape index (κ3) is 4.49. The molecule has 0 N–H and O–H groups in total. The highest BCUT2D eigenvalue weighted by molar-refractivity contribution is 6.68. The molecule has 7 heteroatoms. The summed E-state index contributed by atoms with van der Waals surface area (Å²) >= 11 is 0. The van der Waals surface area contributed by atoms with Crippen molar-refractivity contribution in [1.82, 2.24) is 9.13 Å². The molecular weight excluding hydrogens is 587 g/mol. The maximum atomic E-state index is 2.50. The van der Waals surface area contributed by atoms with E-state index >= 15 is 0 Å². The maximum absolute atomic E-state index is 2.50. The third-order valence-electron chi connectivity index (χ3n) is 11.1. The van der Waals surface area contributed by atoms with Crippen LogP contribution in [0.2, 0.25) is 0 Å². The van der Waals surface area contributed by atoms with Crippen LogP contribution in [0.4, 0.5) is 0 Å². The molecule has 0 aliphatic heterocycles. The molecule has 0 spiro atoms. The summed E-state index contributed by atoms with van der Waals surface area (Å²) in [6, 6.07) is 51.2. The number of rotatable bonds is 4.